The van der Waals surface area contributed by atoms with Crippen molar-refractivity contribution in [2.24, 2.45) is 0 Å². The molecule has 0 aromatic heterocycles. The lowest BCUT2D eigenvalue weighted by molar-refractivity contribution is -0.117. The molecule has 0 N–H and O–H groups in total. The Morgan fingerprint density at radius 3 is 2.52 bits per heavy atom. The van der Waals surface area contributed by atoms with Crippen molar-refractivity contribution >= 4 is 28.9 Å². The molecular weight excluding hydrogens is 422 g/mol. The predicted octanol–water partition coefficient (Wildman–Crippen LogP) is 3.78. The average molecular weight is 441 g/mol. The van der Waals surface area contributed by atoms with Crippen LogP contribution in [-0.4, -0.2) is 51.4 Å². The fraction of sp³-hybridized carbons (Fsp3) is 0.350. The number of hydrogen-bond acceptors (Lipinski definition) is 4. The Balaban J connectivity index is 1.63. The zero-order chi connectivity index (χ0) is 20.8. The number of benzene rings is 2. The van der Waals surface area contributed by atoms with E-state index in [9.17, 15) is 17.8 Å². The minimum Gasteiger partial charge on any atom is -0.451 e. The number of aldehydes is 1. The summed E-state index contributed by atoms with van der Waals surface area (Å²) in [6, 6.07) is 7.94. The smallest absolute Gasteiger partial charge is 0.198 e. The van der Waals surface area contributed by atoms with Gasteiger partial charge in [-0.25, -0.2) is 17.3 Å². The highest BCUT2D eigenvalue weighted by Crippen LogP contribution is 2.41. The van der Waals surface area contributed by atoms with Gasteiger partial charge in [0.15, 0.2) is 17.4 Å². The third-order valence-corrected chi connectivity index (χ3v) is 7.26. The fourth-order valence-electron chi connectivity index (χ4n) is 4.13. The minimum absolute atomic E-state index is 0.0360. The van der Waals surface area contributed by atoms with Gasteiger partial charge in [0.25, 0.3) is 0 Å². The van der Waals surface area contributed by atoms with E-state index in [1.54, 1.807) is 4.31 Å². The van der Waals surface area contributed by atoms with Gasteiger partial charge in [0.1, 0.15) is 28.6 Å². The van der Waals surface area contributed by atoms with Gasteiger partial charge in [-0.2, -0.15) is 0 Å². The first kappa shape index (κ1) is 20.4. The van der Waals surface area contributed by atoms with E-state index in [-0.39, 0.29) is 16.7 Å². The summed E-state index contributed by atoms with van der Waals surface area (Å²) in [5.74, 6) is -2.30. The lowest BCUT2D eigenvalue weighted by Crippen LogP contribution is -2.61. The zero-order valence-corrected chi connectivity index (χ0v) is 17.2. The number of carbonyl (C=O) groups is 1. The van der Waals surface area contributed by atoms with Crippen molar-refractivity contribution in [2.75, 3.05) is 20.1 Å². The SMILES string of the molecule is CN1CC2CCC(C=O)(C1)N2S(=O)c1cc(F)c(Oc2ccc(Cl)cc2)c(F)c1. The molecule has 9 heteroatoms. The van der Waals surface area contributed by atoms with E-state index in [1.807, 2.05) is 11.9 Å². The van der Waals surface area contributed by atoms with E-state index in [0.717, 1.165) is 18.4 Å². The lowest BCUT2D eigenvalue weighted by Gasteiger charge is -2.43. The summed E-state index contributed by atoms with van der Waals surface area (Å²) in [5, 5.41) is 0.468. The van der Waals surface area contributed by atoms with Crippen LogP contribution in [0.1, 0.15) is 12.8 Å². The van der Waals surface area contributed by atoms with Crippen LogP contribution in [0, 0.1) is 11.6 Å². The summed E-state index contributed by atoms with van der Waals surface area (Å²) in [7, 11) is 0.0242. The maximum absolute atomic E-state index is 14.6. The van der Waals surface area contributed by atoms with Gasteiger partial charge >= 0.3 is 0 Å². The molecule has 0 radical (unpaired) electrons. The van der Waals surface area contributed by atoms with E-state index < -0.39 is 33.9 Å². The third kappa shape index (κ3) is 3.70. The first-order chi connectivity index (χ1) is 13.8. The molecule has 3 atom stereocenters. The molecule has 0 spiro atoms. The number of rotatable bonds is 5. The normalized spacial score (nSPS) is 25.7. The number of hydrogen-bond donors (Lipinski definition) is 0. The molecule has 4 rings (SSSR count). The van der Waals surface area contributed by atoms with Crippen LogP contribution in [0.5, 0.6) is 11.5 Å². The summed E-state index contributed by atoms with van der Waals surface area (Å²) in [6.07, 6.45) is 2.09. The molecule has 29 heavy (non-hydrogen) atoms. The summed E-state index contributed by atoms with van der Waals surface area (Å²) in [6.45, 7) is 1.07. The molecule has 2 aromatic rings. The molecule has 2 bridgehead atoms. The van der Waals surface area contributed by atoms with Crippen molar-refractivity contribution in [3.05, 3.63) is 53.1 Å². The summed E-state index contributed by atoms with van der Waals surface area (Å²) in [4.78, 5) is 13.8. The molecule has 0 amide bonds. The topological polar surface area (TPSA) is 49.9 Å². The van der Waals surface area contributed by atoms with E-state index in [0.29, 0.717) is 31.0 Å². The molecule has 0 aliphatic carbocycles. The van der Waals surface area contributed by atoms with Gasteiger partial charge in [0, 0.05) is 24.2 Å². The van der Waals surface area contributed by atoms with Gasteiger partial charge in [-0.15, -0.1) is 0 Å². The van der Waals surface area contributed by atoms with Crippen LogP contribution in [0.4, 0.5) is 8.78 Å². The monoisotopic (exact) mass is 440 g/mol. The second kappa shape index (κ2) is 7.75. The number of ether oxygens (including phenoxy) is 1. The highest BCUT2D eigenvalue weighted by Gasteiger charge is 2.53. The molecule has 2 fully saturated rings. The molecule has 154 valence electrons. The van der Waals surface area contributed by atoms with Crippen molar-refractivity contribution in [1.29, 1.82) is 0 Å². The second-order valence-electron chi connectivity index (χ2n) is 7.46. The van der Waals surface area contributed by atoms with Crippen LogP contribution in [0.25, 0.3) is 0 Å². The zero-order valence-electron chi connectivity index (χ0n) is 15.6. The van der Waals surface area contributed by atoms with E-state index in [1.165, 1.54) is 24.3 Å². The first-order valence-corrected chi connectivity index (χ1v) is 10.6. The van der Waals surface area contributed by atoms with Gasteiger partial charge in [-0.3, -0.25) is 0 Å². The van der Waals surface area contributed by atoms with Crippen molar-refractivity contribution < 1.29 is 22.5 Å². The molecule has 5 nitrogen and oxygen atoms in total. The molecular formula is C20H19ClF2N2O3S. The van der Waals surface area contributed by atoms with Crippen molar-refractivity contribution in [3.8, 4) is 11.5 Å². The van der Waals surface area contributed by atoms with Gasteiger partial charge in [0.2, 0.25) is 0 Å². The highest BCUT2D eigenvalue weighted by atomic mass is 35.5. The highest BCUT2D eigenvalue weighted by molar-refractivity contribution is 7.82. The van der Waals surface area contributed by atoms with Gasteiger partial charge in [0.05, 0.1) is 4.90 Å². The van der Waals surface area contributed by atoms with Crippen LogP contribution in [0.3, 0.4) is 0 Å². The molecule has 2 heterocycles. The number of likely N-dealkylation sites (N-methyl/N-ethyl adjacent to an activating group) is 1. The molecule has 3 unspecified atom stereocenters. The average Bonchev–Trinajstić information content (AvgIpc) is 2.93. The number of halogens is 3. The van der Waals surface area contributed by atoms with E-state index in [2.05, 4.69) is 0 Å². The largest absolute Gasteiger partial charge is 0.451 e. The number of piperazine rings is 1. The van der Waals surface area contributed by atoms with Crippen LogP contribution in [-0.2, 0) is 15.8 Å². The Morgan fingerprint density at radius 2 is 1.90 bits per heavy atom. The van der Waals surface area contributed by atoms with Crippen molar-refractivity contribution in [2.45, 2.75) is 29.3 Å². The Hall–Kier alpha value is -1.87. The van der Waals surface area contributed by atoms with Crippen LogP contribution in [0.2, 0.25) is 5.02 Å². The second-order valence-corrected chi connectivity index (χ2v) is 9.26. The van der Waals surface area contributed by atoms with Crippen LogP contribution < -0.4 is 4.74 Å². The molecule has 2 aliphatic rings. The summed E-state index contributed by atoms with van der Waals surface area (Å²) in [5.41, 5.74) is -0.909. The van der Waals surface area contributed by atoms with Crippen LogP contribution in [0.15, 0.2) is 41.3 Å². The molecule has 2 aromatic carbocycles. The molecule has 0 saturated carbocycles. The first-order valence-electron chi connectivity index (χ1n) is 9.11. The lowest BCUT2D eigenvalue weighted by atomic mass is 9.99. The van der Waals surface area contributed by atoms with Crippen molar-refractivity contribution in [1.82, 2.24) is 9.21 Å². The Labute approximate surface area is 174 Å². The van der Waals surface area contributed by atoms with Crippen LogP contribution >= 0.6 is 11.6 Å². The van der Waals surface area contributed by atoms with E-state index in [4.69, 9.17) is 16.3 Å². The van der Waals surface area contributed by atoms with Gasteiger partial charge in [-0.05, 0) is 56.3 Å². The predicted molar refractivity (Wildman–Crippen MR) is 105 cm³/mol. The quantitative estimate of drug-likeness (QED) is 0.664. The maximum atomic E-state index is 14.6. The summed E-state index contributed by atoms with van der Waals surface area (Å²) >= 11 is 5.80. The maximum Gasteiger partial charge on any atom is 0.198 e. The number of fused-ring (bicyclic) bond motifs is 2. The van der Waals surface area contributed by atoms with E-state index >= 15 is 0 Å². The summed E-state index contributed by atoms with van der Waals surface area (Å²) < 4.78 is 49.4. The molecule has 2 aliphatic heterocycles. The van der Waals surface area contributed by atoms with Gasteiger partial charge in [-0.1, -0.05) is 11.6 Å². The number of carbonyl (C=O) groups excluding carboxylic acids is 1. The Kier molecular flexibility index (Phi) is 5.46. The van der Waals surface area contributed by atoms with Gasteiger partial charge < -0.3 is 14.4 Å². The van der Waals surface area contributed by atoms with Crippen molar-refractivity contribution in [3.63, 3.8) is 0 Å². The minimum atomic E-state index is -1.88. The third-order valence-electron chi connectivity index (χ3n) is 5.35. The number of likely N-dealkylation sites (tertiary alicyclic amines) is 1. The molecule has 2 saturated heterocycles. The standard InChI is InChI=1S/C20H19ClF2N2O3S/c1-24-10-14-6-7-20(11-24,12-26)25(14)29(27)16-8-17(22)19(18(23)9-16)28-15-4-2-13(21)3-5-15/h2-5,8-9,12,14H,6-7,10-11H2,1H3. The Morgan fingerprint density at radius 1 is 1.24 bits per heavy atom. The fourth-order valence-corrected chi connectivity index (χ4v) is 5.86. The Bertz CT molecular complexity index is 952. The number of nitrogens with zero attached hydrogens (tertiary/aromatic N) is 2.